The van der Waals surface area contributed by atoms with Gasteiger partial charge >= 0.3 is 0 Å². The van der Waals surface area contributed by atoms with E-state index >= 15 is 0 Å². The zero-order chi connectivity index (χ0) is 22.6. The molecule has 0 amide bonds. The Labute approximate surface area is 183 Å². The molecule has 9 heteroatoms. The Hall–Kier alpha value is -4.19. The highest BCUT2D eigenvalue weighted by atomic mass is 16.5. The maximum Gasteiger partial charge on any atom is 0.142 e. The summed E-state index contributed by atoms with van der Waals surface area (Å²) in [5.74, 6) is 2.09. The normalized spacial score (nSPS) is 11.4. The molecule has 1 N–H and O–H groups in total. The van der Waals surface area contributed by atoms with Gasteiger partial charge in [-0.25, -0.2) is 9.97 Å². The summed E-state index contributed by atoms with van der Waals surface area (Å²) in [6.07, 6.45) is 2.04. The number of nitriles is 1. The van der Waals surface area contributed by atoms with Gasteiger partial charge in [-0.05, 0) is 32.9 Å². The van der Waals surface area contributed by atoms with Crippen LogP contribution in [0.3, 0.4) is 0 Å². The summed E-state index contributed by atoms with van der Waals surface area (Å²) in [7, 11) is 3.48. The number of H-pyrrole nitrogens is 1. The van der Waals surface area contributed by atoms with Crippen LogP contribution in [0.15, 0.2) is 22.9 Å². The summed E-state index contributed by atoms with van der Waals surface area (Å²) in [4.78, 5) is 12.8. The van der Waals surface area contributed by atoms with Gasteiger partial charge in [0.15, 0.2) is 0 Å². The number of aromatic amines is 1. The van der Waals surface area contributed by atoms with Crippen LogP contribution in [0, 0.1) is 32.1 Å². The molecular formula is C23H21N7O2. The first-order chi connectivity index (χ1) is 15.4. The summed E-state index contributed by atoms with van der Waals surface area (Å²) in [6.45, 7) is 5.66. The van der Waals surface area contributed by atoms with Crippen molar-refractivity contribution >= 4 is 21.9 Å². The molecule has 0 aliphatic carbocycles. The fraction of sp³-hybridized carbons (Fsp3) is 0.261. The molecule has 0 radical (unpaired) electrons. The Balaban J connectivity index is 1.78. The van der Waals surface area contributed by atoms with Crippen LogP contribution in [-0.4, -0.2) is 37.0 Å². The molecule has 0 atom stereocenters. The van der Waals surface area contributed by atoms with E-state index in [1.54, 1.807) is 18.0 Å². The molecule has 0 spiro atoms. The molecule has 0 aliphatic heterocycles. The van der Waals surface area contributed by atoms with Gasteiger partial charge in [-0.15, -0.1) is 0 Å². The average Bonchev–Trinajstić information content (AvgIpc) is 3.41. The van der Waals surface area contributed by atoms with Crippen molar-refractivity contribution in [1.82, 2.24) is 29.9 Å². The minimum atomic E-state index is 0.458. The topological polar surface area (TPSA) is 118 Å². The van der Waals surface area contributed by atoms with Crippen LogP contribution in [0.25, 0.3) is 33.1 Å². The predicted octanol–water partition coefficient (Wildman–Crippen LogP) is 3.90. The van der Waals surface area contributed by atoms with Crippen molar-refractivity contribution in [2.24, 2.45) is 7.05 Å². The van der Waals surface area contributed by atoms with Gasteiger partial charge in [-0.3, -0.25) is 4.68 Å². The Morgan fingerprint density at radius 1 is 1.22 bits per heavy atom. The first-order valence-electron chi connectivity index (χ1n) is 10.1. The molecule has 32 heavy (non-hydrogen) atoms. The first kappa shape index (κ1) is 19.8. The molecule has 0 aliphatic rings. The lowest BCUT2D eigenvalue weighted by Gasteiger charge is -2.10. The number of aromatic nitrogens is 6. The highest BCUT2D eigenvalue weighted by Gasteiger charge is 2.21. The summed E-state index contributed by atoms with van der Waals surface area (Å²) >= 11 is 0. The molecule has 0 unspecified atom stereocenters. The molecule has 0 bridgehead atoms. The molecule has 5 aromatic rings. The number of nitrogens with zero attached hydrogens (tertiary/aromatic N) is 6. The van der Waals surface area contributed by atoms with E-state index in [4.69, 9.17) is 14.2 Å². The van der Waals surface area contributed by atoms with E-state index in [2.05, 4.69) is 26.3 Å². The Morgan fingerprint density at radius 2 is 2.03 bits per heavy atom. The van der Waals surface area contributed by atoms with E-state index in [9.17, 15) is 5.26 Å². The van der Waals surface area contributed by atoms with Crippen LogP contribution in [-0.2, 0) is 13.5 Å². The van der Waals surface area contributed by atoms with Crippen LogP contribution < -0.4 is 4.74 Å². The lowest BCUT2D eigenvalue weighted by Crippen LogP contribution is -2.04. The molecule has 9 nitrogen and oxygen atoms in total. The number of methoxy groups -OCH3 is 1. The number of ether oxygens (including phenoxy) is 1. The third-order valence-electron chi connectivity index (χ3n) is 5.78. The maximum absolute atomic E-state index is 9.47. The minimum absolute atomic E-state index is 0.458. The van der Waals surface area contributed by atoms with Crippen LogP contribution in [0.4, 0.5) is 0 Å². The average molecular weight is 427 g/mol. The number of benzene rings is 1. The van der Waals surface area contributed by atoms with Crippen LogP contribution in [0.5, 0.6) is 5.75 Å². The van der Waals surface area contributed by atoms with Gasteiger partial charge in [0.2, 0.25) is 0 Å². The van der Waals surface area contributed by atoms with E-state index in [1.165, 1.54) is 0 Å². The summed E-state index contributed by atoms with van der Waals surface area (Å²) in [6, 6.07) is 6.24. The van der Waals surface area contributed by atoms with Gasteiger partial charge in [0.05, 0.1) is 41.5 Å². The lowest BCUT2D eigenvalue weighted by atomic mass is 10.00. The van der Waals surface area contributed by atoms with Gasteiger partial charge in [0.1, 0.15) is 29.1 Å². The second kappa shape index (κ2) is 7.20. The number of fused-ring (bicyclic) bond motifs is 3. The van der Waals surface area contributed by atoms with Crippen LogP contribution in [0.2, 0.25) is 0 Å². The van der Waals surface area contributed by atoms with Crippen molar-refractivity contribution in [2.45, 2.75) is 27.2 Å². The third kappa shape index (κ3) is 2.92. The fourth-order valence-electron chi connectivity index (χ4n) is 4.31. The third-order valence-corrected chi connectivity index (χ3v) is 5.78. The highest BCUT2D eigenvalue weighted by molar-refractivity contribution is 6.09. The van der Waals surface area contributed by atoms with Crippen LogP contribution in [0.1, 0.15) is 34.2 Å². The summed E-state index contributed by atoms with van der Waals surface area (Å²) in [5.41, 5.74) is 6.42. The number of hydrogen-bond donors (Lipinski definition) is 1. The zero-order valence-corrected chi connectivity index (χ0v) is 18.4. The molecule has 0 saturated carbocycles. The van der Waals surface area contributed by atoms with E-state index in [0.717, 1.165) is 55.9 Å². The van der Waals surface area contributed by atoms with Crippen molar-refractivity contribution in [2.75, 3.05) is 7.11 Å². The summed E-state index contributed by atoms with van der Waals surface area (Å²) in [5, 5.41) is 19.6. The minimum Gasteiger partial charge on any atom is -0.496 e. The van der Waals surface area contributed by atoms with Gasteiger partial charge in [-0.2, -0.15) is 10.4 Å². The predicted molar refractivity (Wildman–Crippen MR) is 118 cm³/mol. The maximum atomic E-state index is 9.47. The Kier molecular flexibility index (Phi) is 4.44. The van der Waals surface area contributed by atoms with E-state index < -0.39 is 0 Å². The molecule has 4 aromatic heterocycles. The van der Waals surface area contributed by atoms with E-state index in [0.29, 0.717) is 23.6 Å². The molecule has 5 rings (SSSR count). The number of rotatable bonds is 4. The molecular weight excluding hydrogens is 406 g/mol. The van der Waals surface area contributed by atoms with Crippen LogP contribution >= 0.6 is 0 Å². The van der Waals surface area contributed by atoms with Gasteiger partial charge in [0, 0.05) is 35.3 Å². The van der Waals surface area contributed by atoms with Gasteiger partial charge in [-0.1, -0.05) is 5.16 Å². The molecule has 0 saturated heterocycles. The SMILES string of the molecule is COc1cc2c(cc1-c1c(C)noc1C)[nH]c1nc(C)nc(Cc3c(C#N)cnn3C)c12. The van der Waals surface area contributed by atoms with E-state index in [-0.39, 0.29) is 0 Å². The van der Waals surface area contributed by atoms with Crippen molar-refractivity contribution in [3.05, 3.63) is 52.6 Å². The number of nitrogens with one attached hydrogen (secondary N) is 1. The Morgan fingerprint density at radius 3 is 2.72 bits per heavy atom. The smallest absolute Gasteiger partial charge is 0.142 e. The van der Waals surface area contributed by atoms with Crippen molar-refractivity contribution in [1.29, 1.82) is 5.26 Å². The monoisotopic (exact) mass is 427 g/mol. The van der Waals surface area contributed by atoms with Crippen molar-refractivity contribution < 1.29 is 9.26 Å². The van der Waals surface area contributed by atoms with E-state index in [1.807, 2.05) is 40.0 Å². The molecule has 0 fully saturated rings. The Bertz CT molecular complexity index is 1530. The number of hydrogen-bond acceptors (Lipinski definition) is 7. The molecule has 1 aromatic carbocycles. The second-order valence-electron chi connectivity index (χ2n) is 7.78. The van der Waals surface area contributed by atoms with Crippen molar-refractivity contribution in [3.8, 4) is 22.9 Å². The number of aryl methyl sites for hydroxylation is 4. The standard InChI is InChI=1S/C23H21N7O2/c1-11-21(12(2)32-29-11)16-6-17-15(7-20(16)31-5)22-18(26-13(3)27-23(22)28-17)8-19-14(9-24)10-25-30(19)4/h6-7,10H,8H2,1-5H3,(H,26,27,28). The van der Waals surface area contributed by atoms with Gasteiger partial charge < -0.3 is 14.2 Å². The zero-order valence-electron chi connectivity index (χ0n) is 18.4. The molecule has 4 heterocycles. The van der Waals surface area contributed by atoms with Gasteiger partial charge in [0.25, 0.3) is 0 Å². The van der Waals surface area contributed by atoms with Crippen molar-refractivity contribution in [3.63, 3.8) is 0 Å². The first-order valence-corrected chi connectivity index (χ1v) is 10.1. The molecule has 160 valence electrons. The highest BCUT2D eigenvalue weighted by Crippen LogP contribution is 2.40. The lowest BCUT2D eigenvalue weighted by molar-refractivity contribution is 0.393. The fourth-order valence-corrected chi connectivity index (χ4v) is 4.31. The quantitative estimate of drug-likeness (QED) is 0.462. The largest absolute Gasteiger partial charge is 0.496 e. The second-order valence-corrected chi connectivity index (χ2v) is 7.78. The summed E-state index contributed by atoms with van der Waals surface area (Å²) < 4.78 is 12.8.